The van der Waals surface area contributed by atoms with Crippen molar-refractivity contribution in [3.05, 3.63) is 59.7 Å². The zero-order chi connectivity index (χ0) is 24.2. The number of carbonyl (C=O) groups is 1. The number of benzene rings is 2. The molecule has 33 heavy (non-hydrogen) atoms. The molecule has 1 saturated heterocycles. The van der Waals surface area contributed by atoms with Crippen molar-refractivity contribution in [1.29, 1.82) is 0 Å². The van der Waals surface area contributed by atoms with Gasteiger partial charge in [0.15, 0.2) is 0 Å². The van der Waals surface area contributed by atoms with Gasteiger partial charge in [-0.1, -0.05) is 32.9 Å². The third kappa shape index (κ3) is 6.29. The summed E-state index contributed by atoms with van der Waals surface area (Å²) in [5.74, 6) is -1.61. The number of carbonyl (C=O) groups excluding carboxylic acids is 1. The number of hydrogen-bond donors (Lipinski definition) is 1. The number of nitrogens with one attached hydrogen (secondary N) is 1. The SMILES string of the molecule is CC(C)(C)c1ccc(OCCNC(=O)C2CCN(S(=O)(=O)c3cc(F)ccc3F)CC2)cc1. The largest absolute Gasteiger partial charge is 0.492 e. The molecule has 2 aromatic carbocycles. The summed E-state index contributed by atoms with van der Waals surface area (Å²) in [5.41, 5.74) is 1.27. The molecule has 0 unspecified atom stereocenters. The van der Waals surface area contributed by atoms with Crippen molar-refractivity contribution in [2.45, 2.75) is 43.9 Å². The lowest BCUT2D eigenvalue weighted by Gasteiger charge is -2.30. The Morgan fingerprint density at radius 3 is 2.33 bits per heavy atom. The number of sulfonamides is 1. The molecule has 1 aliphatic rings. The fraction of sp³-hybridized carbons (Fsp3) is 0.458. The van der Waals surface area contributed by atoms with Crippen LogP contribution < -0.4 is 10.1 Å². The van der Waals surface area contributed by atoms with Crippen molar-refractivity contribution in [2.24, 2.45) is 5.92 Å². The molecular weight excluding hydrogens is 450 g/mol. The van der Waals surface area contributed by atoms with Crippen LogP contribution in [0.15, 0.2) is 47.4 Å². The summed E-state index contributed by atoms with van der Waals surface area (Å²) >= 11 is 0. The number of ether oxygens (including phenoxy) is 1. The highest BCUT2D eigenvalue weighted by Crippen LogP contribution is 2.26. The molecule has 0 radical (unpaired) electrons. The van der Waals surface area contributed by atoms with E-state index in [9.17, 15) is 22.0 Å². The van der Waals surface area contributed by atoms with E-state index in [1.54, 1.807) is 0 Å². The van der Waals surface area contributed by atoms with Gasteiger partial charge in [0, 0.05) is 19.0 Å². The maximum atomic E-state index is 13.9. The topological polar surface area (TPSA) is 75.7 Å². The van der Waals surface area contributed by atoms with Crippen LogP contribution in [-0.4, -0.2) is 44.9 Å². The Balaban J connectivity index is 1.44. The molecule has 0 spiro atoms. The summed E-state index contributed by atoms with van der Waals surface area (Å²) in [6, 6.07) is 10.2. The summed E-state index contributed by atoms with van der Waals surface area (Å²) in [6.45, 7) is 7.17. The molecule has 6 nitrogen and oxygen atoms in total. The number of nitrogens with zero attached hydrogens (tertiary/aromatic N) is 1. The van der Waals surface area contributed by atoms with Crippen LogP contribution in [0.2, 0.25) is 0 Å². The Morgan fingerprint density at radius 1 is 1.09 bits per heavy atom. The third-order valence-corrected chi connectivity index (χ3v) is 7.64. The van der Waals surface area contributed by atoms with Crippen molar-refractivity contribution in [3.8, 4) is 5.75 Å². The van der Waals surface area contributed by atoms with Crippen molar-refractivity contribution in [2.75, 3.05) is 26.2 Å². The molecule has 180 valence electrons. The molecule has 1 N–H and O–H groups in total. The normalized spacial score (nSPS) is 15.9. The molecule has 0 aromatic heterocycles. The standard InChI is InChI=1S/C24H30F2N2O4S/c1-24(2,3)18-4-7-20(8-5-18)32-15-12-27-23(29)17-10-13-28(14-11-17)33(30,31)22-16-19(25)6-9-21(22)26/h4-9,16-17H,10-15H2,1-3H3,(H,27,29). The maximum absolute atomic E-state index is 13.9. The fourth-order valence-corrected chi connectivity index (χ4v) is 5.26. The van der Waals surface area contributed by atoms with Gasteiger partial charge in [-0.2, -0.15) is 4.31 Å². The molecule has 1 amide bonds. The highest BCUT2D eigenvalue weighted by molar-refractivity contribution is 7.89. The lowest BCUT2D eigenvalue weighted by molar-refractivity contribution is -0.126. The zero-order valence-corrected chi connectivity index (χ0v) is 19.9. The number of hydrogen-bond acceptors (Lipinski definition) is 4. The van der Waals surface area contributed by atoms with Crippen LogP contribution in [0.4, 0.5) is 8.78 Å². The van der Waals surface area contributed by atoms with Gasteiger partial charge in [-0.05, 0) is 54.2 Å². The molecule has 3 rings (SSSR count). The predicted octanol–water partition coefficient (Wildman–Crippen LogP) is 3.86. The monoisotopic (exact) mass is 480 g/mol. The molecule has 9 heteroatoms. The molecule has 0 atom stereocenters. The summed E-state index contributed by atoms with van der Waals surface area (Å²) in [5, 5.41) is 2.82. The average molecular weight is 481 g/mol. The number of rotatable bonds is 7. The highest BCUT2D eigenvalue weighted by Gasteiger charge is 2.33. The van der Waals surface area contributed by atoms with E-state index < -0.39 is 26.6 Å². The minimum absolute atomic E-state index is 0.0624. The first-order chi connectivity index (χ1) is 15.5. The predicted molar refractivity (Wildman–Crippen MR) is 121 cm³/mol. The first-order valence-electron chi connectivity index (χ1n) is 10.9. The van der Waals surface area contributed by atoms with E-state index in [4.69, 9.17) is 4.74 Å². The van der Waals surface area contributed by atoms with Gasteiger partial charge in [0.1, 0.15) is 28.9 Å². The third-order valence-electron chi connectivity index (χ3n) is 5.73. The lowest BCUT2D eigenvalue weighted by atomic mass is 9.87. The van der Waals surface area contributed by atoms with E-state index in [1.807, 2.05) is 24.3 Å². The van der Waals surface area contributed by atoms with Gasteiger partial charge in [-0.15, -0.1) is 0 Å². The summed E-state index contributed by atoms with van der Waals surface area (Å²) in [6.07, 6.45) is 0.605. The van der Waals surface area contributed by atoms with E-state index in [-0.39, 0.29) is 30.3 Å². The van der Waals surface area contributed by atoms with Crippen LogP contribution in [-0.2, 0) is 20.2 Å². The van der Waals surface area contributed by atoms with E-state index in [2.05, 4.69) is 26.1 Å². The van der Waals surface area contributed by atoms with E-state index >= 15 is 0 Å². The Kier molecular flexibility index (Phi) is 7.74. The Hall–Kier alpha value is -2.52. The fourth-order valence-electron chi connectivity index (χ4n) is 3.71. The average Bonchev–Trinajstić information content (AvgIpc) is 2.78. The molecule has 2 aromatic rings. The van der Waals surface area contributed by atoms with Crippen LogP contribution in [0.5, 0.6) is 5.75 Å². The number of halogens is 2. The van der Waals surface area contributed by atoms with Crippen molar-refractivity contribution < 1.29 is 26.7 Å². The summed E-state index contributed by atoms with van der Waals surface area (Å²) in [7, 11) is -4.16. The Morgan fingerprint density at radius 2 is 1.73 bits per heavy atom. The zero-order valence-electron chi connectivity index (χ0n) is 19.1. The van der Waals surface area contributed by atoms with Gasteiger partial charge in [0.05, 0.1) is 6.54 Å². The number of piperidine rings is 1. The second kappa shape index (κ2) is 10.2. The summed E-state index contributed by atoms with van der Waals surface area (Å²) in [4.78, 5) is 11.8. The van der Waals surface area contributed by atoms with Gasteiger partial charge in [0.2, 0.25) is 15.9 Å². The second-order valence-electron chi connectivity index (χ2n) is 9.17. The van der Waals surface area contributed by atoms with E-state index in [0.29, 0.717) is 32.1 Å². The molecular formula is C24H30F2N2O4S. The second-order valence-corrected chi connectivity index (χ2v) is 11.1. The Bertz CT molecular complexity index is 1070. The number of amides is 1. The molecule has 0 bridgehead atoms. The van der Waals surface area contributed by atoms with Crippen molar-refractivity contribution in [1.82, 2.24) is 9.62 Å². The van der Waals surface area contributed by atoms with Gasteiger partial charge >= 0.3 is 0 Å². The van der Waals surface area contributed by atoms with Gasteiger partial charge in [-0.25, -0.2) is 17.2 Å². The maximum Gasteiger partial charge on any atom is 0.246 e. The first kappa shape index (κ1) is 25.1. The molecule has 0 aliphatic carbocycles. The minimum Gasteiger partial charge on any atom is -0.492 e. The molecule has 1 aliphatic heterocycles. The molecule has 0 saturated carbocycles. The van der Waals surface area contributed by atoms with Gasteiger partial charge < -0.3 is 10.1 Å². The van der Waals surface area contributed by atoms with E-state index in [0.717, 1.165) is 22.2 Å². The van der Waals surface area contributed by atoms with Crippen LogP contribution >= 0.6 is 0 Å². The van der Waals surface area contributed by atoms with Gasteiger partial charge in [-0.3, -0.25) is 4.79 Å². The van der Waals surface area contributed by atoms with Crippen LogP contribution in [0.3, 0.4) is 0 Å². The smallest absolute Gasteiger partial charge is 0.246 e. The highest BCUT2D eigenvalue weighted by atomic mass is 32.2. The Labute approximate surface area is 194 Å². The van der Waals surface area contributed by atoms with Crippen LogP contribution in [0, 0.1) is 17.6 Å². The summed E-state index contributed by atoms with van der Waals surface area (Å²) < 4.78 is 59.5. The van der Waals surface area contributed by atoms with Crippen molar-refractivity contribution in [3.63, 3.8) is 0 Å². The minimum atomic E-state index is -4.16. The van der Waals surface area contributed by atoms with E-state index in [1.165, 1.54) is 5.56 Å². The lowest BCUT2D eigenvalue weighted by Crippen LogP contribution is -2.43. The van der Waals surface area contributed by atoms with Crippen LogP contribution in [0.1, 0.15) is 39.2 Å². The van der Waals surface area contributed by atoms with Crippen LogP contribution in [0.25, 0.3) is 0 Å². The van der Waals surface area contributed by atoms with Crippen molar-refractivity contribution >= 4 is 15.9 Å². The quantitative estimate of drug-likeness (QED) is 0.611. The first-order valence-corrected chi connectivity index (χ1v) is 12.4. The van der Waals surface area contributed by atoms with Gasteiger partial charge in [0.25, 0.3) is 0 Å². The molecule has 1 fully saturated rings. The molecule has 1 heterocycles.